The van der Waals surface area contributed by atoms with Crippen molar-refractivity contribution in [1.29, 1.82) is 0 Å². The second-order valence-electron chi connectivity index (χ2n) is 7.76. The van der Waals surface area contributed by atoms with Crippen molar-refractivity contribution in [2.24, 2.45) is 0 Å². The smallest absolute Gasteiger partial charge is 0.332 e. The summed E-state index contributed by atoms with van der Waals surface area (Å²) in [5, 5.41) is 87.9. The number of carboxylic acids is 1. The molecule has 0 bridgehead atoms. The number of aliphatic hydroxyl groups excluding tert-OH is 8. The lowest BCUT2D eigenvalue weighted by molar-refractivity contribution is -0.363. The number of hydrogen-bond acceptors (Lipinski definition) is 14. The van der Waals surface area contributed by atoms with E-state index in [-0.39, 0.29) is 0 Å². The minimum absolute atomic E-state index is 0.503. The molecule has 2 aliphatic heterocycles. The van der Waals surface area contributed by atoms with Crippen LogP contribution in [0.3, 0.4) is 0 Å². The van der Waals surface area contributed by atoms with Gasteiger partial charge < -0.3 is 69.6 Å². The summed E-state index contributed by atoms with van der Waals surface area (Å²) in [5.74, 6) is -1.38. The SMILES string of the molecule is C[C@H](O[C@H]1[C@@H](O)[C@@H](CO)O[C@@H](O[C@H]2[C@@H](OC[C@@H](O)CO)[C@@H](O)[C@@H](O)O[C@@H]2CO)[C@@H]1O)C(=O)O. The molecule has 2 rings (SSSR count). The van der Waals surface area contributed by atoms with Gasteiger partial charge in [0.05, 0.1) is 26.4 Å². The van der Waals surface area contributed by atoms with Crippen LogP contribution < -0.4 is 0 Å². The third kappa shape index (κ3) is 6.76. The fourth-order valence-electron chi connectivity index (χ4n) is 3.46. The number of aliphatic hydroxyl groups is 8. The van der Waals surface area contributed by atoms with Crippen LogP contribution >= 0.6 is 0 Å². The average Bonchev–Trinajstić information content (AvgIpc) is 2.79. The van der Waals surface area contributed by atoms with Crippen molar-refractivity contribution in [3.05, 3.63) is 0 Å². The molecule has 0 spiro atoms. The summed E-state index contributed by atoms with van der Waals surface area (Å²) in [5.41, 5.74) is 0. The zero-order valence-electron chi connectivity index (χ0n) is 17.7. The van der Waals surface area contributed by atoms with Crippen molar-refractivity contribution in [1.82, 2.24) is 0 Å². The predicted molar refractivity (Wildman–Crippen MR) is 101 cm³/mol. The summed E-state index contributed by atoms with van der Waals surface area (Å²) in [6.45, 7) is -1.52. The van der Waals surface area contributed by atoms with Crippen molar-refractivity contribution in [3.8, 4) is 0 Å². The molecule has 0 unspecified atom stereocenters. The number of ether oxygens (including phenoxy) is 5. The molecule has 0 aromatic carbocycles. The Hall–Kier alpha value is -1.05. The van der Waals surface area contributed by atoms with Crippen molar-refractivity contribution < 1.29 is 74.4 Å². The van der Waals surface area contributed by atoms with Crippen molar-refractivity contribution in [3.63, 3.8) is 0 Å². The lowest BCUT2D eigenvalue weighted by Crippen LogP contribution is -2.65. The first-order valence-electron chi connectivity index (χ1n) is 10.2. The lowest BCUT2D eigenvalue weighted by Gasteiger charge is -2.47. The fourth-order valence-corrected chi connectivity index (χ4v) is 3.46. The number of carbonyl (C=O) groups is 1. The molecule has 15 nitrogen and oxygen atoms in total. The molecule has 2 saturated heterocycles. The minimum atomic E-state index is -1.81. The first-order chi connectivity index (χ1) is 15.5. The third-order valence-corrected chi connectivity index (χ3v) is 5.33. The van der Waals surface area contributed by atoms with Gasteiger partial charge in [0.25, 0.3) is 0 Å². The van der Waals surface area contributed by atoms with Gasteiger partial charge in [-0.2, -0.15) is 0 Å². The van der Waals surface area contributed by atoms with Crippen LogP contribution in [0.5, 0.6) is 0 Å². The van der Waals surface area contributed by atoms with E-state index in [1.54, 1.807) is 0 Å². The maximum absolute atomic E-state index is 11.1. The zero-order valence-corrected chi connectivity index (χ0v) is 17.7. The van der Waals surface area contributed by atoms with Gasteiger partial charge >= 0.3 is 5.97 Å². The van der Waals surface area contributed by atoms with Gasteiger partial charge in [-0.05, 0) is 6.92 Å². The molecule has 15 heteroatoms. The zero-order chi connectivity index (χ0) is 24.9. The van der Waals surface area contributed by atoms with Crippen molar-refractivity contribution >= 4 is 5.97 Å². The highest BCUT2D eigenvalue weighted by atomic mass is 16.7. The first-order valence-corrected chi connectivity index (χ1v) is 10.2. The van der Waals surface area contributed by atoms with Crippen LogP contribution in [0.1, 0.15) is 6.92 Å². The molecular formula is C18H32O15. The standard InChI is InChI=1S/C18H32O15/c1-6(16(26)27)30-14-10(23)8(3-20)32-18(12(14)25)33-13-9(4-21)31-17(28)11(24)15(13)29-5-7(22)2-19/h6-15,17-25,28H,2-5H2,1H3,(H,26,27)/t6-,7-,8+,9+,10-,11+,12+,13+,14-,15-,17-,18-/m0/s1. The molecule has 9 N–H and O–H groups in total. The van der Waals surface area contributed by atoms with Crippen LogP contribution in [-0.2, 0) is 28.5 Å². The van der Waals surface area contributed by atoms with Gasteiger partial charge in [-0.25, -0.2) is 4.79 Å². The van der Waals surface area contributed by atoms with E-state index in [0.717, 1.165) is 6.92 Å². The molecule has 0 aliphatic carbocycles. The molecule has 2 fully saturated rings. The molecule has 0 aromatic heterocycles. The van der Waals surface area contributed by atoms with Crippen LogP contribution in [0.25, 0.3) is 0 Å². The molecule has 2 aliphatic rings. The normalized spacial score (nSPS) is 41.5. The summed E-state index contributed by atoms with van der Waals surface area (Å²) in [6.07, 6.45) is -18.7. The highest BCUT2D eigenvalue weighted by Gasteiger charge is 2.52. The Labute approximate surface area is 188 Å². The largest absolute Gasteiger partial charge is 0.479 e. The van der Waals surface area contributed by atoms with Crippen molar-refractivity contribution in [2.75, 3.05) is 26.4 Å². The third-order valence-electron chi connectivity index (χ3n) is 5.33. The van der Waals surface area contributed by atoms with Crippen LogP contribution in [0.4, 0.5) is 0 Å². The van der Waals surface area contributed by atoms with E-state index in [9.17, 15) is 40.5 Å². The molecule has 0 amide bonds. The number of carboxylic acid groups (broad SMARTS) is 1. The molecule has 194 valence electrons. The fraction of sp³-hybridized carbons (Fsp3) is 0.944. The molecule has 0 saturated carbocycles. The van der Waals surface area contributed by atoms with E-state index in [0.29, 0.717) is 0 Å². The van der Waals surface area contributed by atoms with E-state index in [4.69, 9.17) is 33.9 Å². The van der Waals surface area contributed by atoms with Gasteiger partial charge in [0.2, 0.25) is 0 Å². The van der Waals surface area contributed by atoms with E-state index in [2.05, 4.69) is 0 Å². The summed E-state index contributed by atoms with van der Waals surface area (Å²) < 4.78 is 26.7. The molecule has 0 aromatic rings. The minimum Gasteiger partial charge on any atom is -0.479 e. The maximum atomic E-state index is 11.1. The second-order valence-corrected chi connectivity index (χ2v) is 7.76. The van der Waals surface area contributed by atoms with E-state index in [1.807, 2.05) is 0 Å². The Balaban J connectivity index is 2.26. The van der Waals surface area contributed by atoms with Gasteiger partial charge in [0, 0.05) is 0 Å². The predicted octanol–water partition coefficient (Wildman–Crippen LogP) is -5.52. The molecule has 12 atom stereocenters. The Kier molecular flexibility index (Phi) is 10.8. The first kappa shape index (κ1) is 28.2. The van der Waals surface area contributed by atoms with Gasteiger partial charge in [-0.1, -0.05) is 0 Å². The summed E-state index contributed by atoms with van der Waals surface area (Å²) >= 11 is 0. The maximum Gasteiger partial charge on any atom is 0.332 e. The van der Waals surface area contributed by atoms with Gasteiger partial charge in [-0.15, -0.1) is 0 Å². The second kappa shape index (κ2) is 12.6. The molecular weight excluding hydrogens is 456 g/mol. The van der Waals surface area contributed by atoms with E-state index in [1.165, 1.54) is 0 Å². The van der Waals surface area contributed by atoms with Crippen LogP contribution in [-0.4, -0.2) is 152 Å². The molecule has 33 heavy (non-hydrogen) atoms. The van der Waals surface area contributed by atoms with Crippen LogP contribution in [0.2, 0.25) is 0 Å². The quantitative estimate of drug-likeness (QED) is 0.132. The molecule has 2 heterocycles. The number of hydrogen-bond donors (Lipinski definition) is 9. The lowest BCUT2D eigenvalue weighted by atomic mass is 9.96. The van der Waals surface area contributed by atoms with Crippen molar-refractivity contribution in [2.45, 2.75) is 80.5 Å². The highest BCUT2D eigenvalue weighted by molar-refractivity contribution is 5.71. The molecule has 0 radical (unpaired) electrons. The number of aliphatic carboxylic acids is 1. The van der Waals surface area contributed by atoms with E-state index >= 15 is 0 Å². The number of rotatable bonds is 11. The summed E-state index contributed by atoms with van der Waals surface area (Å²) in [7, 11) is 0. The Morgan fingerprint density at radius 2 is 1.55 bits per heavy atom. The Morgan fingerprint density at radius 3 is 2.09 bits per heavy atom. The van der Waals surface area contributed by atoms with E-state index < -0.39 is 106 Å². The topological polar surface area (TPSA) is 245 Å². The van der Waals surface area contributed by atoms with Crippen LogP contribution in [0, 0.1) is 0 Å². The summed E-state index contributed by atoms with van der Waals surface area (Å²) in [6, 6.07) is 0. The monoisotopic (exact) mass is 488 g/mol. The average molecular weight is 488 g/mol. The Bertz CT molecular complexity index is 607. The Morgan fingerprint density at radius 1 is 0.909 bits per heavy atom. The van der Waals surface area contributed by atoms with Gasteiger partial charge in [0.1, 0.15) is 54.9 Å². The summed E-state index contributed by atoms with van der Waals surface area (Å²) in [4.78, 5) is 11.1. The highest BCUT2D eigenvalue weighted by Crippen LogP contribution is 2.31. The van der Waals surface area contributed by atoms with Gasteiger partial charge in [0.15, 0.2) is 18.7 Å². The van der Waals surface area contributed by atoms with Gasteiger partial charge in [-0.3, -0.25) is 0 Å². The van der Waals surface area contributed by atoms with Crippen LogP contribution in [0.15, 0.2) is 0 Å².